The van der Waals surface area contributed by atoms with Crippen LogP contribution in [0.1, 0.15) is 5.56 Å². The number of rotatable bonds is 4. The molecule has 17 aromatic rings. The van der Waals surface area contributed by atoms with E-state index in [1.807, 2.05) is 22.7 Å². The normalized spacial score (nSPS) is 12.2. The molecule has 6 heterocycles. The number of nitrogens with zero attached hydrogens (tertiary/aromatic N) is 6. The van der Waals surface area contributed by atoms with Gasteiger partial charge in [-0.15, -0.1) is 22.7 Å². The molecule has 0 bridgehead atoms. The fourth-order valence-electron chi connectivity index (χ4n) is 13.0. The molecular weight excluding hydrogens is 965 g/mol. The first kappa shape index (κ1) is 41.5. The van der Waals surface area contributed by atoms with Gasteiger partial charge in [0.25, 0.3) is 0 Å². The van der Waals surface area contributed by atoms with Gasteiger partial charge in [-0.25, -0.2) is 4.85 Å². The molecule has 0 fully saturated rings. The van der Waals surface area contributed by atoms with Gasteiger partial charge in [0.05, 0.1) is 85.1 Å². The van der Waals surface area contributed by atoms with Crippen LogP contribution in [0.2, 0.25) is 0 Å². The second kappa shape index (κ2) is 15.3. The number of thiophene rings is 2. The number of hydrogen-bond acceptors (Lipinski definition) is 3. The Morgan fingerprint density at radius 1 is 0.316 bits per heavy atom. The van der Waals surface area contributed by atoms with Gasteiger partial charge in [-0.3, -0.25) is 0 Å². The summed E-state index contributed by atoms with van der Waals surface area (Å²) in [5, 5.41) is 26.0. The maximum absolute atomic E-state index is 12.4. The molecule has 11 aromatic carbocycles. The molecule has 0 atom stereocenters. The fraction of sp³-hybridized carbons (Fsp3) is 0. The second-order valence-electron chi connectivity index (χ2n) is 19.7. The predicted molar refractivity (Wildman–Crippen MR) is 321 cm³/mol. The summed E-state index contributed by atoms with van der Waals surface area (Å²) in [4.78, 5) is 4.67. The van der Waals surface area contributed by atoms with Crippen molar-refractivity contribution < 1.29 is 0 Å². The van der Waals surface area contributed by atoms with Crippen LogP contribution in [-0.2, 0) is 0 Å². The highest BCUT2D eigenvalue weighted by atomic mass is 32.1. The largest absolute Gasteiger partial charge is 0.317 e. The highest BCUT2D eigenvalue weighted by Gasteiger charge is 2.35. The lowest BCUT2D eigenvalue weighted by atomic mass is 10.0. The van der Waals surface area contributed by atoms with Gasteiger partial charge in [-0.1, -0.05) is 158 Å². The van der Waals surface area contributed by atoms with Gasteiger partial charge < -0.3 is 18.3 Å². The van der Waals surface area contributed by atoms with E-state index in [0.29, 0.717) is 16.9 Å². The van der Waals surface area contributed by atoms with E-state index >= 15 is 0 Å². The Morgan fingerprint density at radius 2 is 0.632 bits per heavy atom. The maximum atomic E-state index is 12.4. The minimum Gasteiger partial charge on any atom is -0.317 e. The van der Waals surface area contributed by atoms with E-state index in [2.05, 4.69) is 248 Å². The number of benzene rings is 11. The zero-order valence-electron chi connectivity index (χ0n) is 40.3. The lowest BCUT2D eigenvalue weighted by Gasteiger charge is -2.28. The van der Waals surface area contributed by atoms with Gasteiger partial charge >= 0.3 is 0 Å². The molecule has 0 unspecified atom stereocenters. The van der Waals surface area contributed by atoms with Gasteiger partial charge in [0, 0.05) is 83.4 Å². The molecule has 0 aliphatic carbocycles. The number of hydrogen-bond donors (Lipinski definition) is 0. The van der Waals surface area contributed by atoms with E-state index in [0.717, 1.165) is 98.6 Å². The van der Waals surface area contributed by atoms with Crippen molar-refractivity contribution in [3.63, 3.8) is 0 Å². The van der Waals surface area contributed by atoms with Gasteiger partial charge in [0.2, 0.25) is 5.69 Å². The molecule has 0 amide bonds. The van der Waals surface area contributed by atoms with Crippen molar-refractivity contribution in [2.45, 2.75) is 0 Å². The third-order valence-corrected chi connectivity index (χ3v) is 18.4. The average molecular weight is 1000 g/mol. The van der Waals surface area contributed by atoms with Crippen molar-refractivity contribution in [3.05, 3.63) is 235 Å². The standard InChI is InChI=1S/C68H36N6S2/c1-70-62-49(38-69)63(73-54-30-14-6-24-47(54)60-56(73)36-34-45-43-22-8-16-32-58(43)75-67(45)60)65(71-50-26-10-2-18-39(50)40-19-3-11-27-51(40)71)66(72-52-28-12-4-20-41(52)42-21-5-13-29-53(42)72)64(62)74-55-31-15-7-25-48(55)61-57(74)37-35-46-44-23-9-17-33-59(44)76-68(46)61/h2-37H. The first-order valence-corrected chi connectivity index (χ1v) is 27.0. The van der Waals surface area contributed by atoms with Crippen molar-refractivity contribution >= 4 is 156 Å². The third kappa shape index (κ3) is 5.26. The molecule has 8 heteroatoms. The monoisotopic (exact) mass is 1000 g/mol. The molecule has 0 N–H and O–H groups in total. The van der Waals surface area contributed by atoms with Gasteiger partial charge in [0.1, 0.15) is 0 Å². The highest BCUT2D eigenvalue weighted by molar-refractivity contribution is 7.27. The molecule has 76 heavy (non-hydrogen) atoms. The van der Waals surface area contributed by atoms with E-state index in [1.165, 1.54) is 40.3 Å². The summed E-state index contributed by atoms with van der Waals surface area (Å²) in [7, 11) is 0. The number of aromatic nitrogens is 4. The minimum atomic E-state index is 0.270. The van der Waals surface area contributed by atoms with Crippen LogP contribution in [0.15, 0.2) is 218 Å². The van der Waals surface area contributed by atoms with Gasteiger partial charge in [-0.05, 0) is 60.7 Å². The zero-order chi connectivity index (χ0) is 49.9. The first-order valence-electron chi connectivity index (χ1n) is 25.4. The van der Waals surface area contributed by atoms with E-state index in [4.69, 9.17) is 0 Å². The van der Waals surface area contributed by atoms with E-state index in [-0.39, 0.29) is 5.69 Å². The van der Waals surface area contributed by atoms with Gasteiger partial charge in [0.15, 0.2) is 0 Å². The molecule has 0 spiro atoms. The summed E-state index contributed by atoms with van der Waals surface area (Å²) in [6.45, 7) is 9.66. The van der Waals surface area contributed by atoms with Crippen LogP contribution >= 0.6 is 22.7 Å². The molecule has 0 radical (unpaired) electrons. The van der Waals surface area contributed by atoms with E-state index < -0.39 is 0 Å². The topological polar surface area (TPSA) is 47.9 Å². The first-order chi connectivity index (χ1) is 37.7. The zero-order valence-corrected chi connectivity index (χ0v) is 41.9. The molecule has 0 aliphatic rings. The third-order valence-electron chi connectivity index (χ3n) is 16.0. The number of nitriles is 1. The van der Waals surface area contributed by atoms with Crippen LogP contribution in [0.5, 0.6) is 0 Å². The van der Waals surface area contributed by atoms with Crippen molar-refractivity contribution in [2.75, 3.05) is 0 Å². The summed E-state index contributed by atoms with van der Waals surface area (Å²) in [6.07, 6.45) is 0. The molecule has 350 valence electrons. The summed E-state index contributed by atoms with van der Waals surface area (Å²) in [5.74, 6) is 0. The van der Waals surface area contributed by atoms with Gasteiger partial charge in [-0.2, -0.15) is 5.26 Å². The number of para-hydroxylation sites is 6. The molecule has 0 saturated heterocycles. The minimum absolute atomic E-state index is 0.270. The number of fused-ring (bicyclic) bond motifs is 20. The molecule has 6 nitrogen and oxygen atoms in total. The predicted octanol–water partition coefficient (Wildman–Crippen LogP) is 19.2. The lowest BCUT2D eigenvalue weighted by molar-refractivity contribution is 1.02. The average Bonchev–Trinajstić information content (AvgIpc) is 4.44. The maximum Gasteiger partial charge on any atom is 0.232 e. The van der Waals surface area contributed by atoms with Crippen LogP contribution < -0.4 is 0 Å². The second-order valence-corrected chi connectivity index (χ2v) is 21.8. The van der Waals surface area contributed by atoms with E-state index in [9.17, 15) is 11.8 Å². The van der Waals surface area contributed by atoms with Crippen LogP contribution in [0.4, 0.5) is 5.69 Å². The summed E-state index contributed by atoms with van der Waals surface area (Å²) < 4.78 is 14.2. The Morgan fingerprint density at radius 3 is 1.03 bits per heavy atom. The molecular formula is C68H36N6S2. The van der Waals surface area contributed by atoms with Crippen molar-refractivity contribution in [1.29, 1.82) is 5.26 Å². The van der Waals surface area contributed by atoms with Crippen molar-refractivity contribution in [2.24, 2.45) is 0 Å². The SMILES string of the molecule is [C-]#[N+]c1c(C#N)c(-n2c3ccccc3c3c4sc5ccccc5c4ccc32)c(-n2c3ccccc3c3ccccc32)c(-n2c3ccccc3c3ccccc32)c1-n1c2ccccc2c2c3sc4ccccc4c3ccc21. The summed E-state index contributed by atoms with van der Waals surface area (Å²) >= 11 is 3.62. The van der Waals surface area contributed by atoms with E-state index in [1.54, 1.807) is 0 Å². The Bertz CT molecular complexity index is 5070. The van der Waals surface area contributed by atoms with Crippen molar-refractivity contribution in [1.82, 2.24) is 18.3 Å². The molecule has 6 aromatic heterocycles. The Labute approximate surface area is 441 Å². The molecule has 0 aliphatic heterocycles. The lowest BCUT2D eigenvalue weighted by Crippen LogP contribution is -2.15. The Kier molecular flexibility index (Phi) is 8.36. The molecule has 0 saturated carbocycles. The quantitative estimate of drug-likeness (QED) is 0.162. The van der Waals surface area contributed by atoms with Crippen LogP contribution in [0.25, 0.3) is 155 Å². The summed E-state index contributed by atoms with van der Waals surface area (Å²) in [5.41, 5.74) is 11.2. The van der Waals surface area contributed by atoms with Crippen LogP contribution in [-0.4, -0.2) is 18.3 Å². The Hall–Kier alpha value is -9.96. The van der Waals surface area contributed by atoms with Crippen LogP contribution in [0, 0.1) is 17.9 Å². The molecule has 17 rings (SSSR count). The Balaban J connectivity index is 1.19. The van der Waals surface area contributed by atoms with Crippen LogP contribution in [0.3, 0.4) is 0 Å². The fourth-order valence-corrected chi connectivity index (χ4v) is 15.5. The van der Waals surface area contributed by atoms with Crippen molar-refractivity contribution in [3.8, 4) is 28.8 Å². The smallest absolute Gasteiger partial charge is 0.232 e. The summed E-state index contributed by atoms with van der Waals surface area (Å²) in [6, 6.07) is 80.8. The highest BCUT2D eigenvalue weighted by Crippen LogP contribution is 2.54.